The van der Waals surface area contributed by atoms with E-state index in [1.807, 2.05) is 0 Å². The van der Waals surface area contributed by atoms with Crippen molar-refractivity contribution in [3.05, 3.63) is 0 Å². The van der Waals surface area contributed by atoms with Crippen LogP contribution in [0.4, 0.5) is 0 Å². The van der Waals surface area contributed by atoms with Crippen LogP contribution in [0, 0.1) is 17.8 Å². The van der Waals surface area contributed by atoms with Gasteiger partial charge in [0, 0.05) is 25.6 Å². The molecule has 4 unspecified atom stereocenters. The Labute approximate surface area is 344 Å². The van der Waals surface area contributed by atoms with Gasteiger partial charge < -0.3 is 20.1 Å². The van der Waals surface area contributed by atoms with Crippen molar-refractivity contribution in [2.45, 2.75) is 252 Å². The van der Waals surface area contributed by atoms with E-state index in [4.69, 9.17) is 9.84 Å². The topological polar surface area (TPSA) is 78.9 Å². The summed E-state index contributed by atoms with van der Waals surface area (Å²) in [6.45, 7) is 11.8. The molecule has 0 spiro atoms. The Bertz CT molecular complexity index is 821. The number of aliphatic carboxylic acids is 1. The number of carboxylic acid groups (broad SMARTS) is 1. The Morgan fingerprint density at radius 3 is 1.42 bits per heavy atom. The van der Waals surface area contributed by atoms with E-state index < -0.39 is 5.97 Å². The summed E-state index contributed by atoms with van der Waals surface area (Å²) in [6, 6.07) is 0.449. The maximum atomic E-state index is 14.1. The molecule has 0 aliphatic heterocycles. The molecule has 0 bridgehead atoms. The molecule has 0 aromatic heterocycles. The number of carbonyl (C=O) groups excluding carboxylic acids is 1. The third kappa shape index (κ3) is 36.9. The number of ether oxygens (including phenoxy) is 1. The lowest BCUT2D eigenvalue weighted by molar-refractivity contribution is -0.151. The van der Waals surface area contributed by atoms with Crippen LogP contribution in [-0.4, -0.2) is 61.8 Å². The van der Waals surface area contributed by atoms with E-state index in [1.165, 1.54) is 154 Å². The van der Waals surface area contributed by atoms with Gasteiger partial charge in [-0.1, -0.05) is 195 Å². The number of carbonyl (C=O) groups is 2. The van der Waals surface area contributed by atoms with Crippen molar-refractivity contribution in [3.63, 3.8) is 0 Å². The lowest BCUT2D eigenvalue weighted by atomic mass is 9.84. The summed E-state index contributed by atoms with van der Waals surface area (Å²) in [5, 5.41) is 12.9. The van der Waals surface area contributed by atoms with Crippen molar-refractivity contribution >= 4 is 11.9 Å². The predicted octanol–water partition coefficient (Wildman–Crippen LogP) is 14.3. The maximum Gasteiger partial charge on any atom is 0.308 e. The van der Waals surface area contributed by atoms with Gasteiger partial charge in [-0.05, 0) is 70.9 Å². The monoisotopic (exact) mass is 779 g/mol. The molecule has 0 aliphatic rings. The fraction of sp³-hybridized carbons (Fsp3) is 0.959. The second kappa shape index (κ2) is 41.0. The largest absolute Gasteiger partial charge is 0.481 e. The number of nitrogens with one attached hydrogen (secondary N) is 1. The minimum Gasteiger partial charge on any atom is -0.481 e. The zero-order valence-corrected chi connectivity index (χ0v) is 38.1. The highest BCUT2D eigenvalue weighted by atomic mass is 16.5. The Kier molecular flexibility index (Phi) is 40.2. The number of hydrogen-bond acceptors (Lipinski definition) is 5. The second-order valence-electron chi connectivity index (χ2n) is 17.8. The Hall–Kier alpha value is -1.14. The van der Waals surface area contributed by atoms with E-state index >= 15 is 0 Å². The third-order valence-electron chi connectivity index (χ3n) is 12.1. The van der Waals surface area contributed by atoms with E-state index in [9.17, 15) is 9.59 Å². The van der Waals surface area contributed by atoms with E-state index in [0.717, 1.165) is 70.9 Å². The molecule has 0 heterocycles. The highest BCUT2D eigenvalue weighted by Gasteiger charge is 2.25. The molecule has 0 aromatic carbocycles. The average Bonchev–Trinajstić information content (AvgIpc) is 3.16. The van der Waals surface area contributed by atoms with Gasteiger partial charge in [0.25, 0.3) is 0 Å². The first-order valence-corrected chi connectivity index (χ1v) is 24.5. The number of carboxylic acids is 1. The van der Waals surface area contributed by atoms with Crippen LogP contribution in [-0.2, 0) is 14.3 Å². The van der Waals surface area contributed by atoms with E-state index in [1.54, 1.807) is 0 Å². The minimum atomic E-state index is -0.691. The molecule has 0 aliphatic carbocycles. The van der Waals surface area contributed by atoms with Crippen LogP contribution in [0.3, 0.4) is 0 Å². The zero-order chi connectivity index (χ0) is 40.6. The molecule has 0 saturated carbocycles. The Morgan fingerprint density at radius 2 is 0.927 bits per heavy atom. The first kappa shape index (κ1) is 53.9. The van der Waals surface area contributed by atoms with Crippen molar-refractivity contribution in [2.75, 3.05) is 33.8 Å². The van der Waals surface area contributed by atoms with Gasteiger partial charge in [-0.15, -0.1) is 0 Å². The predicted molar refractivity (Wildman–Crippen MR) is 239 cm³/mol. The third-order valence-corrected chi connectivity index (χ3v) is 12.1. The Balaban J connectivity index is 5.63. The first-order chi connectivity index (χ1) is 26.8. The average molecular weight is 779 g/mol. The molecule has 0 fully saturated rings. The lowest BCUT2D eigenvalue weighted by Crippen LogP contribution is -2.35. The number of unbranched alkanes of at least 4 members (excludes halogenated alkanes) is 19. The SMILES string of the molecule is CCCCCCCCC(CCCCCC)COC(=O)C(CCCCC(CCCCCC(=O)O)NCCN(C)C)CC(CCCCCC)CCCCCCCC. The van der Waals surface area contributed by atoms with Crippen LogP contribution < -0.4 is 5.32 Å². The van der Waals surface area contributed by atoms with Crippen molar-refractivity contribution in [2.24, 2.45) is 17.8 Å². The highest BCUT2D eigenvalue weighted by molar-refractivity contribution is 5.72. The fourth-order valence-electron chi connectivity index (χ4n) is 8.36. The fourth-order valence-corrected chi connectivity index (χ4v) is 8.36. The summed E-state index contributed by atoms with van der Waals surface area (Å²) in [4.78, 5) is 27.4. The van der Waals surface area contributed by atoms with Gasteiger partial charge in [-0.2, -0.15) is 0 Å². The summed E-state index contributed by atoms with van der Waals surface area (Å²) < 4.78 is 6.38. The number of hydrogen-bond donors (Lipinski definition) is 2. The van der Waals surface area contributed by atoms with Gasteiger partial charge in [-0.25, -0.2) is 0 Å². The van der Waals surface area contributed by atoms with Crippen molar-refractivity contribution < 1.29 is 19.4 Å². The molecule has 0 radical (unpaired) electrons. The minimum absolute atomic E-state index is 0.0159. The summed E-state index contributed by atoms with van der Waals surface area (Å²) in [6.07, 6.45) is 40.6. The van der Waals surface area contributed by atoms with Crippen molar-refractivity contribution in [3.8, 4) is 0 Å². The van der Waals surface area contributed by atoms with Gasteiger partial charge in [0.15, 0.2) is 0 Å². The second-order valence-corrected chi connectivity index (χ2v) is 17.8. The van der Waals surface area contributed by atoms with Gasteiger partial charge in [0.1, 0.15) is 0 Å². The summed E-state index contributed by atoms with van der Waals surface area (Å²) in [5.41, 5.74) is 0. The molecule has 0 saturated heterocycles. The van der Waals surface area contributed by atoms with Crippen molar-refractivity contribution in [1.29, 1.82) is 0 Å². The molecule has 2 N–H and O–H groups in total. The van der Waals surface area contributed by atoms with E-state index in [-0.39, 0.29) is 18.3 Å². The number of esters is 1. The van der Waals surface area contributed by atoms with Crippen molar-refractivity contribution in [1.82, 2.24) is 10.2 Å². The normalized spacial score (nSPS) is 13.9. The number of nitrogens with zero attached hydrogens (tertiary/aromatic N) is 1. The van der Waals surface area contributed by atoms with Crippen LogP contribution in [0.25, 0.3) is 0 Å². The molecule has 6 nitrogen and oxygen atoms in total. The van der Waals surface area contributed by atoms with Crippen LogP contribution in [0.1, 0.15) is 246 Å². The molecular formula is C49H98N2O4. The molecule has 0 aromatic rings. The quantitative estimate of drug-likeness (QED) is 0.0474. The molecular weight excluding hydrogens is 681 g/mol. The zero-order valence-electron chi connectivity index (χ0n) is 38.1. The van der Waals surface area contributed by atoms with Crippen LogP contribution in [0.15, 0.2) is 0 Å². The van der Waals surface area contributed by atoms with E-state index in [0.29, 0.717) is 24.5 Å². The summed E-state index contributed by atoms with van der Waals surface area (Å²) in [5.74, 6) is 0.554. The van der Waals surface area contributed by atoms with Gasteiger partial charge >= 0.3 is 11.9 Å². The van der Waals surface area contributed by atoms with Crippen LogP contribution in [0.5, 0.6) is 0 Å². The number of likely N-dealkylation sites (N-methyl/N-ethyl adjacent to an activating group) is 1. The maximum absolute atomic E-state index is 14.1. The number of rotatable bonds is 44. The molecule has 4 atom stereocenters. The first-order valence-electron chi connectivity index (χ1n) is 24.5. The van der Waals surface area contributed by atoms with Gasteiger partial charge in [0.2, 0.25) is 0 Å². The van der Waals surface area contributed by atoms with Crippen LogP contribution >= 0.6 is 0 Å². The Morgan fingerprint density at radius 1 is 0.527 bits per heavy atom. The standard InChI is InChI=1S/C49H98N2O4/c1-7-11-15-19-21-26-33-44(32-24-17-13-9-3)42-46(36-30-31-38-47(50-40-41-51(5)6)37-28-23-29-39-48(52)53)49(54)55-43-45(34-25-18-14-10-4)35-27-22-20-16-12-8-2/h44-47,50H,7-43H2,1-6H3,(H,52,53). The summed E-state index contributed by atoms with van der Waals surface area (Å²) >= 11 is 0. The molecule has 0 rings (SSSR count). The highest BCUT2D eigenvalue weighted by Crippen LogP contribution is 2.30. The van der Waals surface area contributed by atoms with Crippen LogP contribution in [0.2, 0.25) is 0 Å². The smallest absolute Gasteiger partial charge is 0.308 e. The van der Waals surface area contributed by atoms with E-state index in [2.05, 4.69) is 52.0 Å². The lowest BCUT2D eigenvalue weighted by Gasteiger charge is -2.25. The summed E-state index contributed by atoms with van der Waals surface area (Å²) in [7, 11) is 4.24. The molecule has 6 heteroatoms. The van der Waals surface area contributed by atoms with Gasteiger partial charge in [0.05, 0.1) is 12.5 Å². The molecule has 55 heavy (non-hydrogen) atoms. The van der Waals surface area contributed by atoms with Gasteiger partial charge in [-0.3, -0.25) is 9.59 Å². The molecule has 328 valence electrons. The molecule has 0 amide bonds.